The van der Waals surface area contributed by atoms with Gasteiger partial charge in [0.15, 0.2) is 0 Å². The second-order valence-corrected chi connectivity index (χ2v) is 6.04. The zero-order valence-electron chi connectivity index (χ0n) is 12.7. The molecule has 0 saturated carbocycles. The fraction of sp³-hybridized carbons (Fsp3) is 0.375. The van der Waals surface area contributed by atoms with E-state index in [1.54, 1.807) is 6.33 Å². The van der Waals surface area contributed by atoms with E-state index in [0.717, 1.165) is 34.8 Å². The number of anilines is 3. The lowest BCUT2D eigenvalue weighted by Gasteiger charge is -2.18. The molecule has 0 bridgehead atoms. The molecular formula is C16H21BrN4. The molecule has 0 aliphatic heterocycles. The van der Waals surface area contributed by atoms with Gasteiger partial charge in [-0.1, -0.05) is 29.3 Å². The molecule has 21 heavy (non-hydrogen) atoms. The van der Waals surface area contributed by atoms with Crippen LogP contribution in [0.5, 0.6) is 0 Å². The predicted molar refractivity (Wildman–Crippen MR) is 92.4 cm³/mol. The van der Waals surface area contributed by atoms with E-state index in [0.29, 0.717) is 0 Å². The van der Waals surface area contributed by atoms with E-state index >= 15 is 0 Å². The van der Waals surface area contributed by atoms with Crippen LogP contribution in [-0.4, -0.2) is 23.6 Å². The molecule has 2 rings (SSSR count). The van der Waals surface area contributed by atoms with Crippen LogP contribution < -0.4 is 10.2 Å². The Kier molecular flexibility index (Phi) is 5.56. The Morgan fingerprint density at radius 2 is 2.05 bits per heavy atom. The molecule has 0 unspecified atom stereocenters. The van der Waals surface area contributed by atoms with Crippen molar-refractivity contribution in [2.75, 3.05) is 23.8 Å². The highest BCUT2D eigenvalue weighted by Crippen LogP contribution is 2.24. The van der Waals surface area contributed by atoms with E-state index in [9.17, 15) is 0 Å². The maximum Gasteiger partial charge on any atom is 0.135 e. The second-order valence-electron chi connectivity index (χ2n) is 5.12. The standard InChI is InChI=1S/C16H21BrN4/c1-4-5-8-21(3)16-10-15(18-11-19-16)20-14-7-6-13(17)9-12(14)2/h6-7,9-11H,4-5,8H2,1-3H3,(H,18,19,20). The zero-order valence-corrected chi connectivity index (χ0v) is 14.3. The summed E-state index contributed by atoms with van der Waals surface area (Å²) in [5.41, 5.74) is 2.22. The second kappa shape index (κ2) is 7.41. The third kappa shape index (κ3) is 4.43. The molecule has 0 spiro atoms. The van der Waals surface area contributed by atoms with Crippen molar-refractivity contribution in [3.63, 3.8) is 0 Å². The fourth-order valence-electron chi connectivity index (χ4n) is 2.04. The Balaban J connectivity index is 2.13. The summed E-state index contributed by atoms with van der Waals surface area (Å²) in [7, 11) is 2.06. The van der Waals surface area contributed by atoms with E-state index in [1.165, 1.54) is 12.0 Å². The van der Waals surface area contributed by atoms with Gasteiger partial charge in [-0.25, -0.2) is 9.97 Å². The molecule has 0 radical (unpaired) electrons. The smallest absolute Gasteiger partial charge is 0.135 e. The lowest BCUT2D eigenvalue weighted by Crippen LogP contribution is -2.19. The molecule has 4 nitrogen and oxygen atoms in total. The van der Waals surface area contributed by atoms with E-state index < -0.39 is 0 Å². The first kappa shape index (κ1) is 15.8. The quantitative estimate of drug-likeness (QED) is 0.832. The van der Waals surface area contributed by atoms with Crippen molar-refractivity contribution in [1.82, 2.24) is 9.97 Å². The first-order chi connectivity index (χ1) is 10.1. The summed E-state index contributed by atoms with van der Waals surface area (Å²) in [5.74, 6) is 1.75. The molecule has 0 atom stereocenters. The number of halogens is 1. The third-order valence-corrected chi connectivity index (χ3v) is 3.84. The normalized spacial score (nSPS) is 10.5. The van der Waals surface area contributed by atoms with Crippen LogP contribution in [0.2, 0.25) is 0 Å². The number of nitrogens with one attached hydrogen (secondary N) is 1. The first-order valence-corrected chi connectivity index (χ1v) is 7.96. The summed E-state index contributed by atoms with van der Waals surface area (Å²) >= 11 is 3.48. The van der Waals surface area contributed by atoms with Crippen LogP contribution in [-0.2, 0) is 0 Å². The van der Waals surface area contributed by atoms with Crippen LogP contribution in [0.4, 0.5) is 17.3 Å². The zero-order chi connectivity index (χ0) is 15.2. The molecule has 1 N–H and O–H groups in total. The van der Waals surface area contributed by atoms with Gasteiger partial charge >= 0.3 is 0 Å². The highest BCUT2D eigenvalue weighted by molar-refractivity contribution is 9.10. The van der Waals surface area contributed by atoms with Crippen LogP contribution in [0.3, 0.4) is 0 Å². The van der Waals surface area contributed by atoms with Gasteiger partial charge in [0.1, 0.15) is 18.0 Å². The number of hydrogen-bond donors (Lipinski definition) is 1. The Bertz CT molecular complexity index is 601. The van der Waals surface area contributed by atoms with E-state index in [4.69, 9.17) is 0 Å². The van der Waals surface area contributed by atoms with Crippen LogP contribution in [0.1, 0.15) is 25.3 Å². The average molecular weight is 349 g/mol. The number of nitrogens with zero attached hydrogens (tertiary/aromatic N) is 3. The number of aromatic nitrogens is 2. The van der Waals surface area contributed by atoms with Crippen molar-refractivity contribution in [2.45, 2.75) is 26.7 Å². The lowest BCUT2D eigenvalue weighted by atomic mass is 10.2. The average Bonchev–Trinajstić information content (AvgIpc) is 2.48. The van der Waals surface area contributed by atoms with Gasteiger partial charge in [-0.15, -0.1) is 0 Å². The van der Waals surface area contributed by atoms with Gasteiger partial charge in [0, 0.05) is 29.8 Å². The lowest BCUT2D eigenvalue weighted by molar-refractivity contribution is 0.758. The summed E-state index contributed by atoms with van der Waals surface area (Å²) in [6.45, 7) is 5.27. The van der Waals surface area contributed by atoms with Gasteiger partial charge in [0.05, 0.1) is 0 Å². The van der Waals surface area contributed by atoms with Crippen LogP contribution >= 0.6 is 15.9 Å². The SMILES string of the molecule is CCCCN(C)c1cc(Nc2ccc(Br)cc2C)ncn1. The first-order valence-electron chi connectivity index (χ1n) is 7.16. The maximum atomic E-state index is 4.34. The molecule has 1 heterocycles. The molecule has 0 aliphatic rings. The Labute approximate surface area is 134 Å². The number of rotatable bonds is 6. The summed E-state index contributed by atoms with van der Waals surface area (Å²) in [4.78, 5) is 10.8. The predicted octanol–water partition coefficient (Wildman–Crippen LogP) is 4.53. The largest absolute Gasteiger partial charge is 0.360 e. The minimum absolute atomic E-state index is 0.814. The molecule has 1 aromatic carbocycles. The number of hydrogen-bond acceptors (Lipinski definition) is 4. The van der Waals surface area contributed by atoms with E-state index in [1.807, 2.05) is 18.2 Å². The summed E-state index contributed by atoms with van der Waals surface area (Å²) in [5, 5.41) is 3.35. The molecule has 0 saturated heterocycles. The maximum absolute atomic E-state index is 4.34. The monoisotopic (exact) mass is 348 g/mol. The van der Waals surface area contributed by atoms with Gasteiger partial charge in [-0.3, -0.25) is 0 Å². The highest BCUT2D eigenvalue weighted by atomic mass is 79.9. The summed E-state index contributed by atoms with van der Waals surface area (Å²) < 4.78 is 1.08. The minimum Gasteiger partial charge on any atom is -0.360 e. The van der Waals surface area contributed by atoms with Gasteiger partial charge < -0.3 is 10.2 Å². The summed E-state index contributed by atoms with van der Waals surface area (Å²) in [6, 6.07) is 8.13. The molecule has 0 amide bonds. The van der Waals surface area contributed by atoms with Gasteiger partial charge in [0.2, 0.25) is 0 Å². The third-order valence-electron chi connectivity index (χ3n) is 3.34. The molecular weight excluding hydrogens is 328 g/mol. The minimum atomic E-state index is 0.814. The van der Waals surface area contributed by atoms with Crippen LogP contribution in [0.25, 0.3) is 0 Å². The van der Waals surface area contributed by atoms with Gasteiger partial charge in [-0.05, 0) is 37.1 Å². The van der Waals surface area contributed by atoms with Crippen molar-refractivity contribution in [2.24, 2.45) is 0 Å². The molecule has 5 heteroatoms. The molecule has 1 aromatic heterocycles. The number of unbranched alkanes of at least 4 members (excludes halogenated alkanes) is 1. The van der Waals surface area contributed by atoms with Crippen molar-refractivity contribution >= 4 is 33.3 Å². The van der Waals surface area contributed by atoms with Crippen molar-refractivity contribution in [3.8, 4) is 0 Å². The Morgan fingerprint density at radius 3 is 2.76 bits per heavy atom. The topological polar surface area (TPSA) is 41.0 Å². The molecule has 2 aromatic rings. The van der Waals surface area contributed by atoms with Crippen molar-refractivity contribution in [1.29, 1.82) is 0 Å². The summed E-state index contributed by atoms with van der Waals surface area (Å²) in [6.07, 6.45) is 3.95. The van der Waals surface area contributed by atoms with Crippen molar-refractivity contribution < 1.29 is 0 Å². The number of benzene rings is 1. The molecule has 0 fully saturated rings. The molecule has 0 aliphatic carbocycles. The van der Waals surface area contributed by atoms with E-state index in [-0.39, 0.29) is 0 Å². The van der Waals surface area contributed by atoms with Crippen LogP contribution in [0, 0.1) is 6.92 Å². The van der Waals surface area contributed by atoms with Crippen molar-refractivity contribution in [3.05, 3.63) is 40.6 Å². The Morgan fingerprint density at radius 1 is 1.24 bits per heavy atom. The Hall–Kier alpha value is -1.62. The van der Waals surface area contributed by atoms with Crippen LogP contribution in [0.15, 0.2) is 35.1 Å². The van der Waals surface area contributed by atoms with Gasteiger partial charge in [-0.2, -0.15) is 0 Å². The van der Waals surface area contributed by atoms with Gasteiger partial charge in [0.25, 0.3) is 0 Å². The highest BCUT2D eigenvalue weighted by Gasteiger charge is 2.05. The fourth-order valence-corrected chi connectivity index (χ4v) is 2.51. The van der Waals surface area contributed by atoms with E-state index in [2.05, 4.69) is 63.1 Å². The molecule has 112 valence electrons. The number of aryl methyl sites for hydroxylation is 1.